The second kappa shape index (κ2) is 9.88. The fraction of sp³-hybridized carbons (Fsp3) is 0.0345. The number of carbonyl (C=O) groups is 1. The molecule has 0 aliphatic rings. The summed E-state index contributed by atoms with van der Waals surface area (Å²) >= 11 is 0. The predicted octanol–water partition coefficient (Wildman–Crippen LogP) is 6.06. The summed E-state index contributed by atoms with van der Waals surface area (Å²) in [4.78, 5) is 12.5. The number of rotatable bonds is 7. The van der Waals surface area contributed by atoms with Crippen molar-refractivity contribution in [2.45, 2.75) is 0 Å². The van der Waals surface area contributed by atoms with Crippen LogP contribution in [0.1, 0.15) is 5.56 Å². The highest BCUT2D eigenvalue weighted by atomic mass is 16.5. The number of aromatic amines is 1. The third-order valence-corrected chi connectivity index (χ3v) is 5.53. The summed E-state index contributed by atoms with van der Waals surface area (Å²) in [6, 6.07) is 34.0. The van der Waals surface area contributed by atoms with Gasteiger partial charge in [0, 0.05) is 11.8 Å². The maximum atomic E-state index is 12.5. The van der Waals surface area contributed by atoms with E-state index in [1.807, 2.05) is 91.0 Å². The zero-order valence-corrected chi connectivity index (χ0v) is 18.4. The SMILES string of the molecule is O=C(COc1n[nH]c(-c2ccccc2)c1-c1ccccc1)NC=Cc1cccc2ccccc12. The summed E-state index contributed by atoms with van der Waals surface area (Å²) in [6.07, 6.45) is 3.53. The number of ether oxygens (including phenoxy) is 1. The molecule has 0 fully saturated rings. The molecule has 34 heavy (non-hydrogen) atoms. The van der Waals surface area contributed by atoms with Crippen molar-refractivity contribution >= 4 is 22.8 Å². The zero-order valence-electron chi connectivity index (χ0n) is 18.4. The molecule has 0 atom stereocenters. The third-order valence-electron chi connectivity index (χ3n) is 5.53. The summed E-state index contributed by atoms with van der Waals surface area (Å²) in [6.45, 7) is -0.154. The molecule has 4 aromatic carbocycles. The monoisotopic (exact) mass is 445 g/mol. The van der Waals surface area contributed by atoms with Gasteiger partial charge in [-0.25, -0.2) is 0 Å². The maximum absolute atomic E-state index is 12.5. The Labute approximate surface area is 197 Å². The van der Waals surface area contributed by atoms with Crippen molar-refractivity contribution in [1.29, 1.82) is 0 Å². The highest BCUT2D eigenvalue weighted by Gasteiger charge is 2.18. The maximum Gasteiger partial charge on any atom is 0.261 e. The molecule has 1 heterocycles. The van der Waals surface area contributed by atoms with Crippen molar-refractivity contribution in [3.8, 4) is 28.3 Å². The fourth-order valence-corrected chi connectivity index (χ4v) is 3.91. The van der Waals surface area contributed by atoms with Crippen LogP contribution in [0.25, 0.3) is 39.2 Å². The van der Waals surface area contributed by atoms with E-state index in [4.69, 9.17) is 4.74 Å². The summed E-state index contributed by atoms with van der Waals surface area (Å²) in [7, 11) is 0. The minimum absolute atomic E-state index is 0.154. The lowest BCUT2D eigenvalue weighted by molar-refractivity contribution is -0.122. The highest BCUT2D eigenvalue weighted by Crippen LogP contribution is 2.37. The Morgan fingerprint density at radius 1 is 0.824 bits per heavy atom. The lowest BCUT2D eigenvalue weighted by atomic mass is 10.0. The number of aromatic nitrogens is 2. The number of benzene rings is 4. The van der Waals surface area contributed by atoms with Gasteiger partial charge in [-0.15, -0.1) is 5.10 Å². The van der Waals surface area contributed by atoms with Gasteiger partial charge in [-0.3, -0.25) is 9.89 Å². The normalized spacial score (nSPS) is 11.1. The molecule has 5 aromatic rings. The molecule has 0 saturated carbocycles. The Morgan fingerprint density at radius 3 is 2.29 bits per heavy atom. The lowest BCUT2D eigenvalue weighted by Crippen LogP contribution is -2.24. The smallest absolute Gasteiger partial charge is 0.261 e. The number of hydrogen-bond donors (Lipinski definition) is 2. The van der Waals surface area contributed by atoms with Gasteiger partial charge in [0.2, 0.25) is 5.88 Å². The molecule has 1 amide bonds. The number of H-pyrrole nitrogens is 1. The Bertz CT molecular complexity index is 1440. The predicted molar refractivity (Wildman–Crippen MR) is 136 cm³/mol. The van der Waals surface area contributed by atoms with Gasteiger partial charge >= 0.3 is 0 Å². The summed E-state index contributed by atoms with van der Waals surface area (Å²) < 4.78 is 5.84. The number of nitrogens with one attached hydrogen (secondary N) is 2. The van der Waals surface area contributed by atoms with Gasteiger partial charge in [-0.05, 0) is 28.0 Å². The van der Waals surface area contributed by atoms with Gasteiger partial charge in [-0.2, -0.15) is 0 Å². The first-order chi connectivity index (χ1) is 16.8. The molecule has 0 spiro atoms. The quantitative estimate of drug-likeness (QED) is 0.320. The van der Waals surface area contributed by atoms with Crippen molar-refractivity contribution in [2.24, 2.45) is 0 Å². The van der Waals surface area contributed by atoms with Crippen LogP contribution in [0.5, 0.6) is 5.88 Å². The van der Waals surface area contributed by atoms with E-state index < -0.39 is 0 Å². The minimum Gasteiger partial charge on any atom is -0.466 e. The topological polar surface area (TPSA) is 67.0 Å². The van der Waals surface area contributed by atoms with E-state index >= 15 is 0 Å². The average molecular weight is 446 g/mol. The Morgan fingerprint density at radius 2 is 1.50 bits per heavy atom. The first-order valence-electron chi connectivity index (χ1n) is 11.1. The Kier molecular flexibility index (Phi) is 6.16. The summed E-state index contributed by atoms with van der Waals surface area (Å²) in [5.41, 5.74) is 4.65. The van der Waals surface area contributed by atoms with Crippen LogP contribution in [0.4, 0.5) is 0 Å². The minimum atomic E-state index is -0.264. The number of amides is 1. The van der Waals surface area contributed by atoms with Crippen molar-refractivity contribution in [3.63, 3.8) is 0 Å². The summed E-state index contributed by atoms with van der Waals surface area (Å²) in [5.74, 6) is 0.123. The zero-order chi connectivity index (χ0) is 23.2. The molecule has 5 nitrogen and oxygen atoms in total. The second-order valence-electron chi connectivity index (χ2n) is 7.77. The fourth-order valence-electron chi connectivity index (χ4n) is 3.91. The van der Waals surface area contributed by atoms with Crippen LogP contribution >= 0.6 is 0 Å². The number of nitrogens with zero attached hydrogens (tertiary/aromatic N) is 1. The third kappa shape index (κ3) is 4.59. The van der Waals surface area contributed by atoms with Gasteiger partial charge in [-0.1, -0.05) is 103 Å². The molecule has 166 valence electrons. The number of carbonyl (C=O) groups excluding carboxylic acids is 1. The van der Waals surface area contributed by atoms with E-state index in [0.29, 0.717) is 5.88 Å². The molecule has 0 bridgehead atoms. The van der Waals surface area contributed by atoms with E-state index in [0.717, 1.165) is 38.7 Å². The second-order valence-corrected chi connectivity index (χ2v) is 7.77. The molecule has 5 rings (SSSR count). The van der Waals surface area contributed by atoms with E-state index in [9.17, 15) is 4.79 Å². The van der Waals surface area contributed by atoms with E-state index in [-0.39, 0.29) is 12.5 Å². The van der Waals surface area contributed by atoms with Gasteiger partial charge < -0.3 is 10.1 Å². The average Bonchev–Trinajstić information content (AvgIpc) is 3.33. The van der Waals surface area contributed by atoms with Crippen LogP contribution in [0.15, 0.2) is 109 Å². The van der Waals surface area contributed by atoms with Gasteiger partial charge in [0.1, 0.15) is 0 Å². The molecule has 0 unspecified atom stereocenters. The highest BCUT2D eigenvalue weighted by molar-refractivity contribution is 5.91. The molecule has 2 N–H and O–H groups in total. The molecular weight excluding hydrogens is 422 g/mol. The van der Waals surface area contributed by atoms with Gasteiger partial charge in [0.25, 0.3) is 5.91 Å². The number of hydrogen-bond acceptors (Lipinski definition) is 3. The molecule has 0 aliphatic carbocycles. The molecule has 1 aromatic heterocycles. The molecule has 0 saturated heterocycles. The van der Waals surface area contributed by atoms with E-state index in [1.165, 1.54) is 0 Å². The number of fused-ring (bicyclic) bond motifs is 1. The summed E-state index contributed by atoms with van der Waals surface area (Å²) in [5, 5.41) is 12.5. The Hall–Kier alpha value is -4.64. The molecule has 0 aliphatic heterocycles. The van der Waals surface area contributed by atoms with Crippen LogP contribution in [-0.2, 0) is 4.79 Å². The van der Waals surface area contributed by atoms with Crippen LogP contribution in [0, 0.1) is 0 Å². The van der Waals surface area contributed by atoms with Crippen molar-refractivity contribution in [1.82, 2.24) is 15.5 Å². The standard InChI is InChI=1S/C29H23N3O2/c33-26(30-19-18-22-16-9-15-21-10-7-8-17-25(21)22)20-34-29-27(23-11-3-1-4-12-23)28(31-32-29)24-13-5-2-6-14-24/h1-19H,20H2,(H,30,33)(H,31,32). The van der Waals surface area contributed by atoms with E-state index in [1.54, 1.807) is 6.20 Å². The first kappa shape index (κ1) is 21.2. The van der Waals surface area contributed by atoms with Gasteiger partial charge in [0.05, 0.1) is 11.3 Å². The van der Waals surface area contributed by atoms with Gasteiger partial charge in [0.15, 0.2) is 6.61 Å². The first-order valence-corrected chi connectivity index (χ1v) is 11.1. The van der Waals surface area contributed by atoms with E-state index in [2.05, 4.69) is 33.7 Å². The molecular formula is C29H23N3O2. The van der Waals surface area contributed by atoms with Crippen LogP contribution < -0.4 is 10.1 Å². The largest absolute Gasteiger partial charge is 0.466 e. The van der Waals surface area contributed by atoms with Crippen LogP contribution in [0.3, 0.4) is 0 Å². The molecule has 5 heteroatoms. The van der Waals surface area contributed by atoms with Crippen molar-refractivity contribution in [2.75, 3.05) is 6.61 Å². The van der Waals surface area contributed by atoms with Crippen LogP contribution in [0.2, 0.25) is 0 Å². The Balaban J connectivity index is 1.31. The molecule has 0 radical (unpaired) electrons. The van der Waals surface area contributed by atoms with Crippen LogP contribution in [-0.4, -0.2) is 22.7 Å². The van der Waals surface area contributed by atoms with Crippen molar-refractivity contribution in [3.05, 3.63) is 115 Å². The van der Waals surface area contributed by atoms with Crippen molar-refractivity contribution < 1.29 is 9.53 Å². The lowest BCUT2D eigenvalue weighted by Gasteiger charge is -2.08.